The van der Waals surface area contributed by atoms with E-state index in [4.69, 9.17) is 0 Å². The van der Waals surface area contributed by atoms with Crippen molar-refractivity contribution in [3.63, 3.8) is 0 Å². The number of imidazole rings is 1. The van der Waals surface area contributed by atoms with Crippen molar-refractivity contribution in [3.05, 3.63) is 22.5 Å². The van der Waals surface area contributed by atoms with Gasteiger partial charge in [0.15, 0.2) is 0 Å². The van der Waals surface area contributed by atoms with Crippen molar-refractivity contribution >= 4 is 5.95 Å². The van der Waals surface area contributed by atoms with Crippen LogP contribution in [0.3, 0.4) is 0 Å². The molecule has 1 unspecified atom stereocenters. The maximum Gasteiger partial charge on any atom is 0.434 e. The van der Waals surface area contributed by atoms with Crippen LogP contribution < -0.4 is 0 Å². The van der Waals surface area contributed by atoms with E-state index >= 15 is 0 Å². The van der Waals surface area contributed by atoms with Crippen molar-refractivity contribution in [1.29, 1.82) is 0 Å². The van der Waals surface area contributed by atoms with E-state index in [0.29, 0.717) is 12.5 Å². The van der Waals surface area contributed by atoms with Crippen LogP contribution in [0.25, 0.3) is 0 Å². The Hall–Kier alpha value is -1.47. The Labute approximate surface area is 131 Å². The third-order valence-corrected chi connectivity index (χ3v) is 4.61. The first-order valence-electron chi connectivity index (χ1n) is 8.22. The van der Waals surface area contributed by atoms with E-state index < -0.39 is 4.92 Å². The van der Waals surface area contributed by atoms with Crippen molar-refractivity contribution in [2.45, 2.75) is 26.3 Å². The first-order valence-corrected chi connectivity index (χ1v) is 8.22. The minimum Gasteiger partial charge on any atom is -0.390 e. The molecule has 1 aliphatic heterocycles. The fourth-order valence-corrected chi connectivity index (χ4v) is 3.27. The Morgan fingerprint density at radius 2 is 1.95 bits per heavy atom. The summed E-state index contributed by atoms with van der Waals surface area (Å²) < 4.78 is 1.65. The molecule has 1 saturated heterocycles. The highest BCUT2D eigenvalue weighted by Crippen LogP contribution is 2.29. The maximum absolute atomic E-state index is 10.9. The first-order chi connectivity index (χ1) is 10.6. The second-order valence-electron chi connectivity index (χ2n) is 6.79. The van der Waals surface area contributed by atoms with Crippen molar-refractivity contribution in [1.82, 2.24) is 19.4 Å². The molecule has 0 amide bonds. The first kappa shape index (κ1) is 15.4. The minimum absolute atomic E-state index is 0.0545. The van der Waals surface area contributed by atoms with Crippen LogP contribution in [-0.2, 0) is 6.54 Å². The van der Waals surface area contributed by atoms with Crippen molar-refractivity contribution in [3.8, 4) is 0 Å². The van der Waals surface area contributed by atoms with Gasteiger partial charge in [-0.15, -0.1) is 0 Å². The smallest absolute Gasteiger partial charge is 0.390 e. The lowest BCUT2D eigenvalue weighted by atomic mass is 10.1. The van der Waals surface area contributed by atoms with Gasteiger partial charge in [0.25, 0.3) is 0 Å². The highest BCUT2D eigenvalue weighted by molar-refractivity contribution is 5.06. The highest BCUT2D eigenvalue weighted by Gasteiger charge is 2.27. The number of hydrogen-bond acceptors (Lipinski definition) is 5. The summed E-state index contributed by atoms with van der Waals surface area (Å²) in [5.74, 6) is 1.29. The minimum atomic E-state index is -0.413. The van der Waals surface area contributed by atoms with Gasteiger partial charge in [-0.2, -0.15) is 0 Å². The SMILES string of the molecule is CC(CN1CCN(CC2CC2)CC1)Cn1ccnc1[N+](=O)[O-]. The monoisotopic (exact) mass is 307 g/mol. The number of aromatic nitrogens is 2. The van der Waals surface area contributed by atoms with Crippen LogP contribution in [0.15, 0.2) is 12.4 Å². The average molecular weight is 307 g/mol. The van der Waals surface area contributed by atoms with E-state index in [9.17, 15) is 10.1 Å². The standard InChI is InChI=1S/C15H25N5O2/c1-13(11-19-5-4-16-15(19)20(21)22)10-17-6-8-18(9-7-17)12-14-2-3-14/h4-5,13-14H,2-3,6-12H2,1H3. The van der Waals surface area contributed by atoms with Crippen LogP contribution in [0.5, 0.6) is 0 Å². The van der Waals surface area contributed by atoms with Gasteiger partial charge in [0.2, 0.25) is 0 Å². The molecule has 22 heavy (non-hydrogen) atoms. The Balaban J connectivity index is 1.43. The maximum atomic E-state index is 10.9. The lowest BCUT2D eigenvalue weighted by Gasteiger charge is -2.35. The van der Waals surface area contributed by atoms with Crippen LogP contribution in [0.2, 0.25) is 0 Å². The van der Waals surface area contributed by atoms with Gasteiger partial charge in [-0.1, -0.05) is 11.9 Å². The van der Waals surface area contributed by atoms with Crippen LogP contribution in [0, 0.1) is 22.0 Å². The predicted molar refractivity (Wildman–Crippen MR) is 83.6 cm³/mol. The zero-order chi connectivity index (χ0) is 15.5. The second-order valence-corrected chi connectivity index (χ2v) is 6.79. The van der Waals surface area contributed by atoms with E-state index in [-0.39, 0.29) is 5.95 Å². The van der Waals surface area contributed by atoms with Crippen LogP contribution in [-0.4, -0.2) is 63.5 Å². The van der Waals surface area contributed by atoms with Gasteiger partial charge in [-0.05, 0) is 29.6 Å². The number of rotatable bonds is 7. The Morgan fingerprint density at radius 3 is 2.59 bits per heavy atom. The third-order valence-electron chi connectivity index (χ3n) is 4.61. The molecule has 2 fully saturated rings. The molecule has 2 aliphatic rings. The summed E-state index contributed by atoms with van der Waals surface area (Å²) in [4.78, 5) is 19.3. The van der Waals surface area contributed by atoms with Gasteiger partial charge >= 0.3 is 5.95 Å². The zero-order valence-electron chi connectivity index (χ0n) is 13.2. The largest absolute Gasteiger partial charge is 0.434 e. The lowest BCUT2D eigenvalue weighted by Crippen LogP contribution is -2.48. The molecular weight excluding hydrogens is 282 g/mol. The van der Waals surface area contributed by atoms with Crippen molar-refractivity contribution in [2.24, 2.45) is 11.8 Å². The summed E-state index contributed by atoms with van der Waals surface area (Å²) in [5, 5.41) is 10.9. The summed E-state index contributed by atoms with van der Waals surface area (Å²) in [5.41, 5.74) is 0. The number of nitrogens with zero attached hydrogens (tertiary/aromatic N) is 5. The molecule has 0 radical (unpaired) electrons. The fraction of sp³-hybridized carbons (Fsp3) is 0.800. The summed E-state index contributed by atoms with van der Waals surface area (Å²) in [6, 6.07) is 0. The lowest BCUT2D eigenvalue weighted by molar-refractivity contribution is -0.396. The Morgan fingerprint density at radius 1 is 1.27 bits per heavy atom. The summed E-state index contributed by atoms with van der Waals surface area (Å²) in [6.45, 7) is 9.63. The third kappa shape index (κ3) is 4.04. The second kappa shape index (κ2) is 6.75. The Kier molecular flexibility index (Phi) is 4.73. The van der Waals surface area contributed by atoms with Crippen molar-refractivity contribution in [2.75, 3.05) is 39.3 Å². The number of piperazine rings is 1. The summed E-state index contributed by atoms with van der Waals surface area (Å²) in [6.07, 6.45) is 6.03. The van der Waals surface area contributed by atoms with Gasteiger partial charge in [-0.3, -0.25) is 0 Å². The summed E-state index contributed by atoms with van der Waals surface area (Å²) in [7, 11) is 0. The van der Waals surface area contributed by atoms with E-state index in [0.717, 1.165) is 38.6 Å². The van der Waals surface area contributed by atoms with Crippen LogP contribution in [0.1, 0.15) is 19.8 Å². The zero-order valence-corrected chi connectivity index (χ0v) is 13.2. The molecule has 7 nitrogen and oxygen atoms in total. The molecule has 1 aromatic rings. The number of hydrogen-bond donors (Lipinski definition) is 0. The highest BCUT2D eigenvalue weighted by atomic mass is 16.6. The van der Waals surface area contributed by atoms with Gasteiger partial charge in [-0.25, -0.2) is 4.57 Å². The molecular formula is C15H25N5O2. The Bertz CT molecular complexity index is 506. The quantitative estimate of drug-likeness (QED) is 0.563. The van der Waals surface area contributed by atoms with E-state index in [1.807, 2.05) is 0 Å². The fourth-order valence-electron chi connectivity index (χ4n) is 3.27. The molecule has 0 bridgehead atoms. The molecule has 1 aromatic heterocycles. The van der Waals surface area contributed by atoms with Crippen molar-refractivity contribution < 1.29 is 4.92 Å². The van der Waals surface area contributed by atoms with Gasteiger partial charge < -0.3 is 19.9 Å². The molecule has 2 heterocycles. The van der Waals surface area contributed by atoms with E-state index in [2.05, 4.69) is 21.7 Å². The molecule has 1 aliphatic carbocycles. The molecule has 0 N–H and O–H groups in total. The predicted octanol–water partition coefficient (Wildman–Crippen LogP) is 1.45. The van der Waals surface area contributed by atoms with E-state index in [1.165, 1.54) is 25.6 Å². The average Bonchev–Trinajstić information content (AvgIpc) is 3.17. The molecule has 1 atom stereocenters. The molecule has 0 aromatic carbocycles. The van der Waals surface area contributed by atoms with Crippen LogP contribution in [0.4, 0.5) is 5.95 Å². The molecule has 122 valence electrons. The topological polar surface area (TPSA) is 67.4 Å². The van der Waals surface area contributed by atoms with Crippen LogP contribution >= 0.6 is 0 Å². The van der Waals surface area contributed by atoms with E-state index in [1.54, 1.807) is 10.8 Å². The molecule has 3 rings (SSSR count). The molecule has 0 spiro atoms. The molecule has 7 heteroatoms. The van der Waals surface area contributed by atoms with Gasteiger partial charge in [0, 0.05) is 39.3 Å². The van der Waals surface area contributed by atoms with Gasteiger partial charge in [0.1, 0.15) is 12.4 Å². The molecule has 1 saturated carbocycles. The summed E-state index contributed by atoms with van der Waals surface area (Å²) >= 11 is 0. The van der Waals surface area contributed by atoms with Gasteiger partial charge in [0.05, 0.1) is 6.54 Å². The number of nitro groups is 1. The normalized spacial score (nSPS) is 21.9.